The molecule has 2 heterocycles. The Morgan fingerprint density at radius 3 is 2.73 bits per heavy atom. The van der Waals surface area contributed by atoms with Crippen molar-refractivity contribution in [1.82, 2.24) is 5.48 Å². The highest BCUT2D eigenvalue weighted by atomic mass is 32.2. The molecule has 1 fully saturated rings. The highest BCUT2D eigenvalue weighted by Crippen LogP contribution is 2.47. The van der Waals surface area contributed by atoms with E-state index in [2.05, 4.69) is 12.2 Å². The maximum Gasteiger partial charge on any atom is 0.250 e. The number of carbonyl (C=O) groups is 2. The normalized spacial score (nSPS) is 19.7. The zero-order chi connectivity index (χ0) is 23.9. The third kappa shape index (κ3) is 6.00. The van der Waals surface area contributed by atoms with Crippen molar-refractivity contribution in [2.45, 2.75) is 50.2 Å². The summed E-state index contributed by atoms with van der Waals surface area (Å²) in [4.78, 5) is 25.5. The smallest absolute Gasteiger partial charge is 0.250 e. The summed E-state index contributed by atoms with van der Waals surface area (Å²) in [5, 5.41) is 11.8. The fourth-order valence-electron chi connectivity index (χ4n) is 4.01. The molecule has 3 rings (SSSR count). The van der Waals surface area contributed by atoms with Gasteiger partial charge < -0.3 is 10.1 Å². The number of benzene rings is 1. The number of hydrogen-bond donors (Lipinski definition) is 3. The summed E-state index contributed by atoms with van der Waals surface area (Å²) in [5.41, 5.74) is 3.02. The number of unbranched alkanes of at least 4 members (excludes halogenated alkanes) is 1. The van der Waals surface area contributed by atoms with Gasteiger partial charge in [0.1, 0.15) is 11.4 Å². The molecule has 0 spiro atoms. The van der Waals surface area contributed by atoms with Gasteiger partial charge in [0.2, 0.25) is 11.8 Å². The van der Waals surface area contributed by atoms with Gasteiger partial charge >= 0.3 is 0 Å². The average molecular weight is 495 g/mol. The first-order chi connectivity index (χ1) is 15.8. The zero-order valence-corrected chi connectivity index (χ0v) is 20.3. The molecule has 1 atom stereocenters. The van der Waals surface area contributed by atoms with Crippen LogP contribution in [-0.4, -0.2) is 44.4 Å². The van der Waals surface area contributed by atoms with Gasteiger partial charge in [-0.2, -0.15) is 0 Å². The van der Waals surface area contributed by atoms with Crippen LogP contribution in [0.5, 0.6) is 0 Å². The molecule has 8 nitrogen and oxygen atoms in total. The molecule has 0 unspecified atom stereocenters. The SMILES string of the molecule is CCCCOCC(=O)Nc1cccc(-c2ccc([C@@]3(CC(=O)NO)CCCCS3(=O)=O)s2)c1. The zero-order valence-electron chi connectivity index (χ0n) is 18.6. The molecule has 0 saturated carbocycles. The highest BCUT2D eigenvalue weighted by molar-refractivity contribution is 7.92. The van der Waals surface area contributed by atoms with Gasteiger partial charge in [-0.1, -0.05) is 31.9 Å². The van der Waals surface area contributed by atoms with Crippen molar-refractivity contribution in [2.75, 3.05) is 24.3 Å². The van der Waals surface area contributed by atoms with Crippen LogP contribution in [0, 0.1) is 0 Å². The molecular formula is C23H30N2O6S2. The summed E-state index contributed by atoms with van der Waals surface area (Å²) in [6.07, 6.45) is 3.16. The average Bonchev–Trinajstić information content (AvgIpc) is 3.29. The molecule has 180 valence electrons. The van der Waals surface area contributed by atoms with Crippen molar-refractivity contribution in [2.24, 2.45) is 0 Å². The topological polar surface area (TPSA) is 122 Å². The van der Waals surface area contributed by atoms with Crippen molar-refractivity contribution in [3.8, 4) is 10.4 Å². The lowest BCUT2D eigenvalue weighted by atomic mass is 9.94. The standard InChI is InChI=1S/C23H30N2O6S2/c1-2-3-12-31-16-22(27)24-18-8-6-7-17(14-18)19-9-10-20(32-19)23(15-21(26)25-28)11-4-5-13-33(23,29)30/h6-10,14,28H,2-5,11-13,15-16H2,1H3,(H,24,27)(H,25,26)/t23-/m0/s1. The number of thiophene rings is 1. The first-order valence-electron chi connectivity index (χ1n) is 11.0. The van der Waals surface area contributed by atoms with E-state index in [0.717, 1.165) is 23.3 Å². The summed E-state index contributed by atoms with van der Waals surface area (Å²) < 4.78 is 30.2. The van der Waals surface area contributed by atoms with E-state index in [-0.39, 0.29) is 24.7 Å². The van der Waals surface area contributed by atoms with Crippen LogP contribution in [0.25, 0.3) is 10.4 Å². The van der Waals surface area contributed by atoms with E-state index in [0.29, 0.717) is 36.4 Å². The second-order valence-corrected chi connectivity index (χ2v) is 11.7. The molecule has 1 saturated heterocycles. The van der Waals surface area contributed by atoms with Crippen LogP contribution >= 0.6 is 11.3 Å². The number of rotatable bonds is 10. The first-order valence-corrected chi connectivity index (χ1v) is 13.5. The number of amides is 2. The number of sulfone groups is 1. The quantitative estimate of drug-likeness (QED) is 0.262. The second-order valence-electron chi connectivity index (χ2n) is 8.18. The van der Waals surface area contributed by atoms with E-state index < -0.39 is 20.5 Å². The molecular weight excluding hydrogens is 464 g/mol. The molecule has 0 radical (unpaired) electrons. The summed E-state index contributed by atoms with van der Waals surface area (Å²) in [6.45, 7) is 2.58. The number of hydrogen-bond acceptors (Lipinski definition) is 7. The van der Waals surface area contributed by atoms with Crippen LogP contribution in [-0.2, 0) is 28.9 Å². The van der Waals surface area contributed by atoms with Crippen LogP contribution < -0.4 is 10.8 Å². The molecule has 33 heavy (non-hydrogen) atoms. The largest absolute Gasteiger partial charge is 0.372 e. The Balaban J connectivity index is 1.82. The lowest BCUT2D eigenvalue weighted by Gasteiger charge is -2.35. The number of anilines is 1. The number of carbonyl (C=O) groups excluding carboxylic acids is 2. The van der Waals surface area contributed by atoms with E-state index in [9.17, 15) is 18.0 Å². The van der Waals surface area contributed by atoms with Crippen LogP contribution in [0.15, 0.2) is 36.4 Å². The van der Waals surface area contributed by atoms with Gasteiger partial charge in [0.15, 0.2) is 9.84 Å². The van der Waals surface area contributed by atoms with Gasteiger partial charge in [-0.3, -0.25) is 14.8 Å². The van der Waals surface area contributed by atoms with E-state index in [1.54, 1.807) is 17.6 Å². The summed E-state index contributed by atoms with van der Waals surface area (Å²) in [5.74, 6) is -0.945. The Morgan fingerprint density at radius 1 is 1.18 bits per heavy atom. The molecule has 2 amide bonds. The Kier molecular flexibility index (Phi) is 8.63. The maximum atomic E-state index is 13.1. The molecule has 1 aliphatic rings. The van der Waals surface area contributed by atoms with Gasteiger partial charge in [0.05, 0.1) is 12.2 Å². The predicted molar refractivity (Wildman–Crippen MR) is 128 cm³/mol. The summed E-state index contributed by atoms with van der Waals surface area (Å²) in [7, 11) is -3.58. The second kappa shape index (κ2) is 11.2. The van der Waals surface area contributed by atoms with E-state index >= 15 is 0 Å². The van der Waals surface area contributed by atoms with Gasteiger partial charge in [0, 0.05) is 22.0 Å². The monoisotopic (exact) mass is 494 g/mol. The van der Waals surface area contributed by atoms with Gasteiger partial charge in [0.25, 0.3) is 0 Å². The molecule has 0 aliphatic carbocycles. The predicted octanol–water partition coefficient (Wildman–Crippen LogP) is 3.86. The number of hydroxylamine groups is 1. The van der Waals surface area contributed by atoms with Gasteiger partial charge in [-0.25, -0.2) is 13.9 Å². The Hall–Kier alpha value is -2.27. The van der Waals surface area contributed by atoms with Crippen molar-refractivity contribution in [3.63, 3.8) is 0 Å². The molecule has 0 bridgehead atoms. The van der Waals surface area contributed by atoms with Crippen molar-refractivity contribution in [1.29, 1.82) is 0 Å². The minimum atomic E-state index is -3.58. The molecule has 3 N–H and O–H groups in total. The highest BCUT2D eigenvalue weighted by Gasteiger charge is 2.49. The molecule has 1 aromatic carbocycles. The van der Waals surface area contributed by atoms with Crippen molar-refractivity contribution >= 4 is 38.7 Å². The number of ether oxygens (including phenoxy) is 1. The lowest BCUT2D eigenvalue weighted by molar-refractivity contribution is -0.130. The molecule has 1 aliphatic heterocycles. The van der Waals surface area contributed by atoms with E-state index in [1.165, 1.54) is 11.3 Å². The van der Waals surface area contributed by atoms with Crippen LogP contribution in [0.1, 0.15) is 50.3 Å². The fourth-order valence-corrected chi connectivity index (χ4v) is 7.79. The third-order valence-corrected chi connectivity index (χ3v) is 9.82. The Bertz CT molecular complexity index is 1080. The third-order valence-electron chi connectivity index (χ3n) is 5.77. The van der Waals surface area contributed by atoms with Crippen LogP contribution in [0.2, 0.25) is 0 Å². The van der Waals surface area contributed by atoms with E-state index in [4.69, 9.17) is 9.94 Å². The molecule has 2 aromatic rings. The van der Waals surface area contributed by atoms with E-state index in [1.807, 2.05) is 24.3 Å². The number of nitrogens with one attached hydrogen (secondary N) is 2. The first kappa shape index (κ1) is 25.4. The molecule has 10 heteroatoms. The maximum absolute atomic E-state index is 13.1. The lowest BCUT2D eigenvalue weighted by Crippen LogP contribution is -2.43. The van der Waals surface area contributed by atoms with Gasteiger partial charge in [-0.05, 0) is 49.1 Å². The van der Waals surface area contributed by atoms with Crippen LogP contribution in [0.4, 0.5) is 5.69 Å². The van der Waals surface area contributed by atoms with Gasteiger partial charge in [-0.15, -0.1) is 11.3 Å². The van der Waals surface area contributed by atoms with Crippen LogP contribution in [0.3, 0.4) is 0 Å². The Labute approximate surface area is 198 Å². The summed E-state index contributed by atoms with van der Waals surface area (Å²) >= 11 is 1.31. The molecule has 1 aromatic heterocycles. The van der Waals surface area contributed by atoms with Crippen molar-refractivity contribution in [3.05, 3.63) is 41.3 Å². The minimum Gasteiger partial charge on any atom is -0.372 e. The Morgan fingerprint density at radius 2 is 2.00 bits per heavy atom. The fraction of sp³-hybridized carbons (Fsp3) is 0.478. The van der Waals surface area contributed by atoms with Crippen molar-refractivity contribution < 1.29 is 28.0 Å². The minimum absolute atomic E-state index is 0.0132. The summed E-state index contributed by atoms with van der Waals surface area (Å²) in [6, 6.07) is 10.9.